The highest BCUT2D eigenvalue weighted by Gasteiger charge is 2.19. The van der Waals surface area contributed by atoms with Gasteiger partial charge >= 0.3 is 5.97 Å². The number of aryl methyl sites for hydroxylation is 1. The summed E-state index contributed by atoms with van der Waals surface area (Å²) >= 11 is 0. The second kappa shape index (κ2) is 4.90. The lowest BCUT2D eigenvalue weighted by Crippen LogP contribution is -2.05. The third-order valence-corrected chi connectivity index (χ3v) is 3.19. The summed E-state index contributed by atoms with van der Waals surface area (Å²) in [6.07, 6.45) is 1.62. The van der Waals surface area contributed by atoms with Gasteiger partial charge in [-0.3, -0.25) is 4.40 Å². The molecule has 0 fully saturated rings. The lowest BCUT2D eigenvalue weighted by atomic mass is 10.2. The van der Waals surface area contributed by atoms with E-state index in [0.29, 0.717) is 11.3 Å². The number of carbonyl (C=O) groups is 1. The van der Waals surface area contributed by atoms with Gasteiger partial charge in [-0.05, 0) is 36.8 Å². The van der Waals surface area contributed by atoms with Crippen LogP contribution in [0.1, 0.15) is 16.1 Å². The van der Waals surface area contributed by atoms with Crippen molar-refractivity contribution in [2.75, 3.05) is 5.32 Å². The maximum absolute atomic E-state index is 13.3. The van der Waals surface area contributed by atoms with Gasteiger partial charge in [-0.25, -0.2) is 14.2 Å². The summed E-state index contributed by atoms with van der Waals surface area (Å²) in [5.41, 5.74) is 1.80. The topological polar surface area (TPSA) is 66.6 Å². The number of halogens is 1. The molecule has 21 heavy (non-hydrogen) atoms. The number of aromatic carboxylic acids is 1. The number of hydrogen-bond acceptors (Lipinski definition) is 3. The van der Waals surface area contributed by atoms with Crippen LogP contribution in [0.25, 0.3) is 5.65 Å². The quantitative estimate of drug-likeness (QED) is 0.775. The van der Waals surface area contributed by atoms with Gasteiger partial charge in [-0.2, -0.15) is 0 Å². The minimum atomic E-state index is -1.11. The Bertz CT molecular complexity index is 842. The molecule has 2 heterocycles. The normalized spacial score (nSPS) is 10.8. The van der Waals surface area contributed by atoms with Gasteiger partial charge in [-0.15, -0.1) is 0 Å². The number of pyridine rings is 1. The Hall–Kier alpha value is -2.89. The molecule has 1 aromatic carbocycles. The number of carboxylic acids is 1. The van der Waals surface area contributed by atoms with Gasteiger partial charge < -0.3 is 10.4 Å². The van der Waals surface area contributed by atoms with Crippen molar-refractivity contribution in [2.24, 2.45) is 0 Å². The zero-order valence-corrected chi connectivity index (χ0v) is 11.2. The minimum Gasteiger partial charge on any atom is -0.476 e. The Labute approximate surface area is 119 Å². The molecular formula is C15H12FN3O2. The highest BCUT2D eigenvalue weighted by Crippen LogP contribution is 2.25. The second-order valence-electron chi connectivity index (χ2n) is 4.63. The molecule has 2 N–H and O–H groups in total. The molecule has 0 aliphatic heterocycles. The van der Waals surface area contributed by atoms with Crippen molar-refractivity contribution in [1.29, 1.82) is 0 Å². The Kier molecular flexibility index (Phi) is 3.06. The lowest BCUT2D eigenvalue weighted by molar-refractivity contribution is 0.0690. The monoisotopic (exact) mass is 285 g/mol. The molecule has 6 heteroatoms. The lowest BCUT2D eigenvalue weighted by Gasteiger charge is -2.08. The molecule has 2 aromatic heterocycles. The largest absolute Gasteiger partial charge is 0.476 e. The Morgan fingerprint density at radius 3 is 2.90 bits per heavy atom. The molecule has 5 nitrogen and oxygen atoms in total. The molecule has 3 aromatic rings. The maximum atomic E-state index is 13.3. The Morgan fingerprint density at radius 2 is 2.14 bits per heavy atom. The van der Waals surface area contributed by atoms with E-state index in [1.807, 2.05) is 0 Å². The van der Waals surface area contributed by atoms with Crippen molar-refractivity contribution in [3.63, 3.8) is 0 Å². The summed E-state index contributed by atoms with van der Waals surface area (Å²) in [5, 5.41) is 12.3. The number of hydrogen-bond donors (Lipinski definition) is 2. The van der Waals surface area contributed by atoms with Gasteiger partial charge in [0.15, 0.2) is 11.5 Å². The van der Waals surface area contributed by atoms with E-state index in [9.17, 15) is 14.3 Å². The zero-order chi connectivity index (χ0) is 15.0. The first-order valence-electron chi connectivity index (χ1n) is 6.30. The van der Waals surface area contributed by atoms with Crippen LogP contribution in [0.4, 0.5) is 15.9 Å². The molecule has 0 aliphatic carbocycles. The van der Waals surface area contributed by atoms with Crippen molar-refractivity contribution in [2.45, 2.75) is 6.92 Å². The van der Waals surface area contributed by atoms with E-state index in [4.69, 9.17) is 0 Å². The number of imidazole rings is 1. The third-order valence-electron chi connectivity index (χ3n) is 3.19. The van der Waals surface area contributed by atoms with Crippen LogP contribution in [0, 0.1) is 12.7 Å². The van der Waals surface area contributed by atoms with Gasteiger partial charge in [0.25, 0.3) is 0 Å². The van der Waals surface area contributed by atoms with E-state index in [-0.39, 0.29) is 11.5 Å². The average molecular weight is 285 g/mol. The van der Waals surface area contributed by atoms with Crippen LogP contribution in [0.5, 0.6) is 0 Å². The summed E-state index contributed by atoms with van der Waals surface area (Å²) in [6, 6.07) is 9.47. The predicted octanol–water partition coefficient (Wildman–Crippen LogP) is 3.22. The number of rotatable bonds is 3. The van der Waals surface area contributed by atoms with Gasteiger partial charge in [0, 0.05) is 11.9 Å². The van der Waals surface area contributed by atoms with E-state index in [1.54, 1.807) is 37.4 Å². The molecular weight excluding hydrogens is 273 g/mol. The number of benzene rings is 1. The molecule has 106 valence electrons. The van der Waals surface area contributed by atoms with Crippen molar-refractivity contribution in [3.05, 3.63) is 59.7 Å². The highest BCUT2D eigenvalue weighted by atomic mass is 19.1. The predicted molar refractivity (Wildman–Crippen MR) is 76.6 cm³/mol. The first-order chi connectivity index (χ1) is 10.1. The van der Waals surface area contributed by atoms with Gasteiger partial charge in [0.1, 0.15) is 11.5 Å². The second-order valence-corrected chi connectivity index (χ2v) is 4.63. The number of nitrogens with one attached hydrogen (secondary N) is 1. The molecule has 0 amide bonds. The molecule has 0 saturated carbocycles. The van der Waals surface area contributed by atoms with Crippen molar-refractivity contribution < 1.29 is 14.3 Å². The fraction of sp³-hybridized carbons (Fsp3) is 0.0667. The molecule has 0 bridgehead atoms. The summed E-state index contributed by atoms with van der Waals surface area (Å²) < 4.78 is 14.8. The van der Waals surface area contributed by atoms with E-state index in [0.717, 1.165) is 5.56 Å². The average Bonchev–Trinajstić information content (AvgIpc) is 2.80. The molecule has 3 rings (SSSR count). The van der Waals surface area contributed by atoms with E-state index < -0.39 is 11.8 Å². The Balaban J connectivity index is 2.14. The van der Waals surface area contributed by atoms with Crippen LogP contribution in [0.15, 0.2) is 42.6 Å². The molecule has 0 saturated heterocycles. The van der Waals surface area contributed by atoms with Crippen LogP contribution in [0.3, 0.4) is 0 Å². The van der Waals surface area contributed by atoms with Crippen LogP contribution < -0.4 is 5.32 Å². The van der Waals surface area contributed by atoms with E-state index in [2.05, 4.69) is 10.3 Å². The summed E-state index contributed by atoms with van der Waals surface area (Å²) in [6.45, 7) is 1.80. The molecule has 0 unspecified atom stereocenters. The van der Waals surface area contributed by atoms with Gasteiger partial charge in [0.05, 0.1) is 0 Å². The standard InChI is InChI=1S/C15H12FN3O2/c1-9-5-6-10(16)8-11(9)17-14-13(15(20)21)19-7-3-2-4-12(19)18-14/h2-8,17H,1H3,(H,20,21). The summed E-state index contributed by atoms with van der Waals surface area (Å²) in [7, 11) is 0. The third kappa shape index (κ3) is 2.31. The number of carboxylic acid groups (broad SMARTS) is 1. The highest BCUT2D eigenvalue weighted by molar-refractivity contribution is 5.94. The number of anilines is 2. The number of fused-ring (bicyclic) bond motifs is 1. The van der Waals surface area contributed by atoms with Crippen LogP contribution in [-0.2, 0) is 0 Å². The maximum Gasteiger partial charge on any atom is 0.356 e. The first kappa shape index (κ1) is 13.1. The van der Waals surface area contributed by atoms with E-state index >= 15 is 0 Å². The van der Waals surface area contributed by atoms with Crippen LogP contribution >= 0.6 is 0 Å². The molecule has 0 atom stereocenters. The molecule has 0 spiro atoms. The summed E-state index contributed by atoms with van der Waals surface area (Å²) in [4.78, 5) is 15.7. The van der Waals surface area contributed by atoms with Gasteiger partial charge in [-0.1, -0.05) is 12.1 Å². The number of nitrogens with zero attached hydrogens (tertiary/aromatic N) is 2. The van der Waals surface area contributed by atoms with Crippen molar-refractivity contribution in [1.82, 2.24) is 9.38 Å². The molecule has 0 radical (unpaired) electrons. The zero-order valence-electron chi connectivity index (χ0n) is 11.2. The fourth-order valence-corrected chi connectivity index (χ4v) is 2.14. The first-order valence-corrected chi connectivity index (χ1v) is 6.30. The van der Waals surface area contributed by atoms with Crippen molar-refractivity contribution >= 4 is 23.1 Å². The van der Waals surface area contributed by atoms with Crippen LogP contribution in [0.2, 0.25) is 0 Å². The number of aromatic nitrogens is 2. The van der Waals surface area contributed by atoms with Crippen LogP contribution in [-0.4, -0.2) is 20.5 Å². The molecule has 0 aliphatic rings. The SMILES string of the molecule is Cc1ccc(F)cc1Nc1nc2ccccn2c1C(=O)O. The van der Waals surface area contributed by atoms with Gasteiger partial charge in [0.2, 0.25) is 0 Å². The van der Waals surface area contributed by atoms with Crippen molar-refractivity contribution in [3.8, 4) is 0 Å². The van der Waals surface area contributed by atoms with E-state index in [1.165, 1.54) is 16.5 Å². The summed E-state index contributed by atoms with van der Waals surface area (Å²) in [5.74, 6) is -1.32. The fourth-order valence-electron chi connectivity index (χ4n) is 2.14. The Morgan fingerprint density at radius 1 is 1.33 bits per heavy atom. The smallest absolute Gasteiger partial charge is 0.356 e. The minimum absolute atomic E-state index is 0.00858.